The van der Waals surface area contributed by atoms with Crippen LogP contribution in [0.4, 0.5) is 0 Å². The van der Waals surface area contributed by atoms with Crippen LogP contribution in [-0.2, 0) is 14.2 Å². The molecule has 0 radical (unpaired) electrons. The fraction of sp³-hybridized carbons (Fsp3) is 0.840. The monoisotopic (exact) mass is 528 g/mol. The first-order valence-corrected chi connectivity index (χ1v) is 13.5. The van der Waals surface area contributed by atoms with Crippen LogP contribution in [0.1, 0.15) is 65.0 Å². The zero-order chi connectivity index (χ0) is 26.9. The molecule has 1 aromatic rings. The van der Waals surface area contributed by atoms with Gasteiger partial charge in [0.25, 0.3) is 5.56 Å². The molecule has 2 aliphatic heterocycles. The van der Waals surface area contributed by atoms with Crippen LogP contribution in [0.3, 0.4) is 0 Å². The number of hydrogen-bond acceptors (Lipinski definition) is 10. The second kappa shape index (κ2) is 14.5. The highest BCUT2D eigenvalue weighted by molar-refractivity contribution is 4.93. The smallest absolute Gasteiger partial charge is 0.330 e. The van der Waals surface area contributed by atoms with E-state index in [2.05, 4.69) is 23.7 Å². The minimum atomic E-state index is -1.28. The van der Waals surface area contributed by atoms with Crippen molar-refractivity contribution in [3.63, 3.8) is 0 Å². The summed E-state index contributed by atoms with van der Waals surface area (Å²) < 4.78 is 19.2. The number of H-pyrrole nitrogens is 1. The van der Waals surface area contributed by atoms with Crippen LogP contribution in [0.25, 0.3) is 0 Å². The van der Waals surface area contributed by atoms with E-state index in [1.165, 1.54) is 12.3 Å². The number of nitrogens with two attached hydrogens (primary N) is 1. The molecule has 0 spiro atoms. The highest BCUT2D eigenvalue weighted by atomic mass is 16.7. The molecule has 0 aliphatic carbocycles. The number of hydrogen-bond donors (Lipinski definition) is 5. The Morgan fingerprint density at radius 2 is 1.78 bits per heavy atom. The van der Waals surface area contributed by atoms with Gasteiger partial charge in [0, 0.05) is 31.8 Å². The van der Waals surface area contributed by atoms with E-state index in [1.807, 2.05) is 0 Å². The van der Waals surface area contributed by atoms with E-state index >= 15 is 0 Å². The second-order valence-electron chi connectivity index (χ2n) is 10.0. The Bertz CT molecular complexity index is 916. The Morgan fingerprint density at radius 1 is 1.11 bits per heavy atom. The number of ether oxygens (including phenoxy) is 3. The molecule has 2 aliphatic rings. The highest BCUT2D eigenvalue weighted by Crippen LogP contribution is 2.33. The SMILES string of the molecule is CCCCCN(CCCCC)C[C@H](O[C@@H]1O[C@H](CN)[C@@H](O)[C@H]1O)[C@@H]1C[C@@H](O)[C@H](n2ccc(=O)[nH]c2=O)O1. The number of aromatic nitrogens is 2. The molecule has 2 fully saturated rings. The molecule has 8 atom stereocenters. The largest absolute Gasteiger partial charge is 0.388 e. The molecule has 0 amide bonds. The fourth-order valence-corrected chi connectivity index (χ4v) is 4.96. The number of unbranched alkanes of at least 4 members (excludes halogenated alkanes) is 4. The maximum absolute atomic E-state index is 12.3. The van der Waals surface area contributed by atoms with Crippen LogP contribution in [0.2, 0.25) is 0 Å². The van der Waals surface area contributed by atoms with Gasteiger partial charge in [0.1, 0.15) is 24.4 Å². The summed E-state index contributed by atoms with van der Waals surface area (Å²) in [6, 6.07) is 1.19. The van der Waals surface area contributed by atoms with E-state index in [4.69, 9.17) is 19.9 Å². The van der Waals surface area contributed by atoms with Crippen molar-refractivity contribution < 1.29 is 29.5 Å². The molecule has 3 heterocycles. The lowest BCUT2D eigenvalue weighted by Crippen LogP contribution is -2.46. The van der Waals surface area contributed by atoms with Crippen molar-refractivity contribution in [2.75, 3.05) is 26.2 Å². The van der Waals surface area contributed by atoms with E-state index in [-0.39, 0.29) is 13.0 Å². The summed E-state index contributed by atoms with van der Waals surface area (Å²) in [5.41, 5.74) is 4.45. The van der Waals surface area contributed by atoms with E-state index in [1.54, 1.807) is 0 Å². The summed E-state index contributed by atoms with van der Waals surface area (Å²) in [5, 5.41) is 31.6. The summed E-state index contributed by atoms with van der Waals surface area (Å²) in [5.74, 6) is 0. The number of rotatable bonds is 15. The van der Waals surface area contributed by atoms with Gasteiger partial charge in [-0.25, -0.2) is 4.79 Å². The lowest BCUT2D eigenvalue weighted by molar-refractivity contribution is -0.218. The van der Waals surface area contributed by atoms with Crippen LogP contribution < -0.4 is 17.0 Å². The predicted molar refractivity (Wildman–Crippen MR) is 136 cm³/mol. The summed E-state index contributed by atoms with van der Waals surface area (Å²) in [7, 11) is 0. The Labute approximate surface area is 217 Å². The van der Waals surface area contributed by atoms with Gasteiger partial charge in [-0.1, -0.05) is 39.5 Å². The van der Waals surface area contributed by atoms with E-state index < -0.39 is 60.4 Å². The fourth-order valence-electron chi connectivity index (χ4n) is 4.96. The molecule has 12 nitrogen and oxygen atoms in total. The maximum atomic E-state index is 12.3. The lowest BCUT2D eigenvalue weighted by Gasteiger charge is -2.33. The average Bonchev–Trinajstić information content (AvgIpc) is 3.38. The maximum Gasteiger partial charge on any atom is 0.330 e. The topological polar surface area (TPSA) is 172 Å². The van der Waals surface area contributed by atoms with Gasteiger partial charge in [0.2, 0.25) is 0 Å². The van der Waals surface area contributed by atoms with Crippen molar-refractivity contribution in [2.24, 2.45) is 5.73 Å². The summed E-state index contributed by atoms with van der Waals surface area (Å²) >= 11 is 0. The second-order valence-corrected chi connectivity index (χ2v) is 10.0. The highest BCUT2D eigenvalue weighted by Gasteiger charge is 2.47. The van der Waals surface area contributed by atoms with Crippen LogP contribution in [0.15, 0.2) is 21.9 Å². The first-order chi connectivity index (χ1) is 17.8. The van der Waals surface area contributed by atoms with E-state index in [0.717, 1.165) is 56.2 Å². The molecule has 37 heavy (non-hydrogen) atoms. The van der Waals surface area contributed by atoms with E-state index in [9.17, 15) is 24.9 Å². The Hall–Kier alpha value is -1.64. The van der Waals surface area contributed by atoms with Crippen molar-refractivity contribution >= 4 is 0 Å². The predicted octanol–water partition coefficient (Wildman–Crippen LogP) is -0.342. The van der Waals surface area contributed by atoms with Gasteiger partial charge < -0.3 is 40.2 Å². The van der Waals surface area contributed by atoms with Gasteiger partial charge in [-0.15, -0.1) is 0 Å². The molecule has 0 aromatic carbocycles. The summed E-state index contributed by atoms with van der Waals surface area (Å²) in [6.45, 7) is 6.50. The van der Waals surface area contributed by atoms with Gasteiger partial charge in [0.15, 0.2) is 12.5 Å². The van der Waals surface area contributed by atoms with Crippen LogP contribution in [0, 0.1) is 0 Å². The third kappa shape index (κ3) is 7.93. The number of nitrogens with zero attached hydrogens (tertiary/aromatic N) is 2. The minimum Gasteiger partial charge on any atom is -0.388 e. The first kappa shape index (κ1) is 29.9. The van der Waals surface area contributed by atoms with Crippen LogP contribution in [0.5, 0.6) is 0 Å². The van der Waals surface area contributed by atoms with Crippen molar-refractivity contribution in [2.45, 2.75) is 108 Å². The van der Waals surface area contributed by atoms with Gasteiger partial charge in [-0.2, -0.15) is 0 Å². The van der Waals surface area contributed by atoms with Crippen LogP contribution >= 0.6 is 0 Å². The van der Waals surface area contributed by atoms with Gasteiger partial charge >= 0.3 is 5.69 Å². The Morgan fingerprint density at radius 3 is 2.35 bits per heavy atom. The van der Waals surface area contributed by atoms with E-state index in [0.29, 0.717) is 6.54 Å². The van der Waals surface area contributed by atoms with Crippen molar-refractivity contribution in [3.8, 4) is 0 Å². The van der Waals surface area contributed by atoms with Crippen molar-refractivity contribution in [3.05, 3.63) is 33.1 Å². The van der Waals surface area contributed by atoms with Gasteiger partial charge in [-0.3, -0.25) is 14.3 Å². The van der Waals surface area contributed by atoms with Crippen LogP contribution in [-0.4, -0.2) is 98.9 Å². The Kier molecular flexibility index (Phi) is 11.7. The number of nitrogens with one attached hydrogen (secondary N) is 1. The van der Waals surface area contributed by atoms with Crippen molar-refractivity contribution in [1.29, 1.82) is 0 Å². The molecule has 6 N–H and O–H groups in total. The normalized spacial score (nSPS) is 30.8. The number of aliphatic hydroxyl groups is 3. The standard InChI is InChI=1S/C25H44N4O8/c1-3-5-7-10-28(11-8-6-4-2)15-19(37-24-22(33)21(32)18(14-26)36-24)17-13-16(30)23(35-17)29-12-9-20(31)27-25(29)34/h9,12,16-19,21-24,30,32-33H,3-8,10-11,13-15,26H2,1-2H3,(H,27,31,34)/t16-,17+,18-,19+,21-,22-,23-,24+/m1/s1. The minimum absolute atomic E-state index is 0.0265. The zero-order valence-corrected chi connectivity index (χ0v) is 21.9. The molecule has 3 rings (SSSR count). The summed E-state index contributed by atoms with van der Waals surface area (Å²) in [4.78, 5) is 28.3. The van der Waals surface area contributed by atoms with Gasteiger partial charge in [-0.05, 0) is 25.9 Å². The van der Waals surface area contributed by atoms with Crippen molar-refractivity contribution in [1.82, 2.24) is 14.5 Å². The number of aliphatic hydroxyl groups excluding tert-OH is 3. The molecule has 0 saturated carbocycles. The molecule has 2 saturated heterocycles. The molecule has 0 unspecified atom stereocenters. The third-order valence-electron chi connectivity index (χ3n) is 7.11. The molecule has 1 aromatic heterocycles. The quantitative estimate of drug-likeness (QED) is 0.190. The molecule has 12 heteroatoms. The third-order valence-corrected chi connectivity index (χ3v) is 7.11. The molecule has 0 bridgehead atoms. The zero-order valence-electron chi connectivity index (χ0n) is 21.9. The summed E-state index contributed by atoms with van der Waals surface area (Å²) in [6.07, 6.45) is 0.261. The molecule has 212 valence electrons. The van der Waals surface area contributed by atoms with Gasteiger partial charge in [0.05, 0.1) is 12.2 Å². The average molecular weight is 529 g/mol. The molecular weight excluding hydrogens is 484 g/mol. The lowest BCUT2D eigenvalue weighted by atomic mass is 10.1. The molecular formula is C25H44N4O8. The Balaban J connectivity index is 1.80. The first-order valence-electron chi connectivity index (χ1n) is 13.5. The number of aromatic amines is 1.